The second-order valence-electron chi connectivity index (χ2n) is 4.68. The van der Waals surface area contributed by atoms with Crippen LogP contribution in [0.25, 0.3) is 0 Å². The SMILES string of the molecule is O=[N+]([O-])c1cc2c(c(COc3ccccc3Br)c1)OCOC2. The second kappa shape index (κ2) is 6.33. The number of fused-ring (bicyclic) bond motifs is 1. The molecule has 114 valence electrons. The van der Waals surface area contributed by atoms with Crippen molar-refractivity contribution in [2.75, 3.05) is 6.79 Å². The van der Waals surface area contributed by atoms with Crippen molar-refractivity contribution >= 4 is 21.6 Å². The summed E-state index contributed by atoms with van der Waals surface area (Å²) in [6.07, 6.45) is 0. The normalized spacial score (nSPS) is 13.1. The highest BCUT2D eigenvalue weighted by atomic mass is 79.9. The molecule has 1 aliphatic heterocycles. The van der Waals surface area contributed by atoms with E-state index in [0.717, 1.165) is 4.47 Å². The van der Waals surface area contributed by atoms with Crippen molar-refractivity contribution in [2.24, 2.45) is 0 Å². The average molecular weight is 366 g/mol. The fourth-order valence-electron chi connectivity index (χ4n) is 2.21. The lowest BCUT2D eigenvalue weighted by Gasteiger charge is -2.20. The molecule has 0 spiro atoms. The number of non-ortho nitro benzene ring substituents is 1. The number of hydrogen-bond acceptors (Lipinski definition) is 5. The van der Waals surface area contributed by atoms with Crippen LogP contribution in [0.1, 0.15) is 11.1 Å². The van der Waals surface area contributed by atoms with Crippen molar-refractivity contribution in [3.05, 3.63) is 62.1 Å². The maximum absolute atomic E-state index is 11.0. The molecule has 6 nitrogen and oxygen atoms in total. The van der Waals surface area contributed by atoms with Gasteiger partial charge in [-0.1, -0.05) is 12.1 Å². The Labute approximate surface area is 134 Å². The van der Waals surface area contributed by atoms with Gasteiger partial charge in [0, 0.05) is 23.3 Å². The van der Waals surface area contributed by atoms with E-state index in [1.165, 1.54) is 12.1 Å². The van der Waals surface area contributed by atoms with E-state index in [-0.39, 0.29) is 19.1 Å². The fourth-order valence-corrected chi connectivity index (χ4v) is 2.61. The Kier molecular flexibility index (Phi) is 4.26. The summed E-state index contributed by atoms with van der Waals surface area (Å²) in [5, 5.41) is 11.0. The van der Waals surface area contributed by atoms with Crippen LogP contribution in [0.2, 0.25) is 0 Å². The summed E-state index contributed by atoms with van der Waals surface area (Å²) in [6.45, 7) is 0.596. The van der Waals surface area contributed by atoms with Gasteiger partial charge in [0.05, 0.1) is 16.0 Å². The maximum atomic E-state index is 11.0. The molecule has 0 fully saturated rings. The Hall–Kier alpha value is -2.12. The first-order valence-electron chi connectivity index (χ1n) is 6.53. The van der Waals surface area contributed by atoms with Crippen molar-refractivity contribution in [1.29, 1.82) is 0 Å². The number of rotatable bonds is 4. The molecule has 0 saturated heterocycles. The number of hydrogen-bond donors (Lipinski definition) is 0. The summed E-state index contributed by atoms with van der Waals surface area (Å²) >= 11 is 3.40. The number of benzene rings is 2. The van der Waals surface area contributed by atoms with E-state index in [1.807, 2.05) is 24.3 Å². The van der Waals surface area contributed by atoms with Crippen molar-refractivity contribution in [2.45, 2.75) is 13.2 Å². The lowest BCUT2D eigenvalue weighted by molar-refractivity contribution is -0.385. The van der Waals surface area contributed by atoms with Gasteiger partial charge in [0.2, 0.25) is 0 Å². The molecule has 2 aromatic carbocycles. The van der Waals surface area contributed by atoms with Gasteiger partial charge in [-0.2, -0.15) is 0 Å². The maximum Gasteiger partial charge on any atom is 0.270 e. The van der Waals surface area contributed by atoms with Crippen LogP contribution in [-0.2, 0) is 18.0 Å². The Morgan fingerprint density at radius 2 is 2.14 bits per heavy atom. The smallest absolute Gasteiger partial charge is 0.270 e. The van der Waals surface area contributed by atoms with E-state index in [1.54, 1.807) is 0 Å². The summed E-state index contributed by atoms with van der Waals surface area (Å²) in [5.74, 6) is 1.26. The van der Waals surface area contributed by atoms with Gasteiger partial charge in [-0.3, -0.25) is 10.1 Å². The topological polar surface area (TPSA) is 70.8 Å². The Morgan fingerprint density at radius 3 is 2.91 bits per heavy atom. The van der Waals surface area contributed by atoms with Crippen molar-refractivity contribution in [3.63, 3.8) is 0 Å². The zero-order valence-electron chi connectivity index (χ0n) is 11.5. The molecule has 0 atom stereocenters. The summed E-state index contributed by atoms with van der Waals surface area (Å²) in [6, 6.07) is 10.4. The van der Waals surface area contributed by atoms with E-state index in [2.05, 4.69) is 15.9 Å². The molecule has 3 rings (SSSR count). The molecule has 0 unspecified atom stereocenters. The van der Waals surface area contributed by atoms with E-state index >= 15 is 0 Å². The molecule has 0 N–H and O–H groups in total. The van der Waals surface area contributed by atoms with E-state index in [9.17, 15) is 10.1 Å². The van der Waals surface area contributed by atoms with Gasteiger partial charge in [0.25, 0.3) is 5.69 Å². The third-order valence-electron chi connectivity index (χ3n) is 3.20. The molecular weight excluding hydrogens is 354 g/mol. The molecule has 0 saturated carbocycles. The molecule has 1 heterocycles. The number of nitro groups is 1. The van der Waals surface area contributed by atoms with E-state index in [0.29, 0.717) is 29.2 Å². The third-order valence-corrected chi connectivity index (χ3v) is 3.86. The highest BCUT2D eigenvalue weighted by Crippen LogP contribution is 2.34. The molecule has 1 aliphatic rings. The fraction of sp³-hybridized carbons (Fsp3) is 0.200. The molecule has 7 heteroatoms. The van der Waals surface area contributed by atoms with Crippen LogP contribution in [0.15, 0.2) is 40.9 Å². The van der Waals surface area contributed by atoms with Crippen LogP contribution in [0.4, 0.5) is 5.69 Å². The quantitative estimate of drug-likeness (QED) is 0.608. The number of halogens is 1. The number of nitro benzene ring substituents is 1. The number of nitrogens with zero attached hydrogens (tertiary/aromatic N) is 1. The van der Waals surface area contributed by atoms with E-state index in [4.69, 9.17) is 14.2 Å². The number of ether oxygens (including phenoxy) is 3. The molecule has 22 heavy (non-hydrogen) atoms. The molecule has 0 aliphatic carbocycles. The van der Waals surface area contributed by atoms with Crippen LogP contribution in [0.5, 0.6) is 11.5 Å². The van der Waals surface area contributed by atoms with Gasteiger partial charge < -0.3 is 14.2 Å². The largest absolute Gasteiger partial charge is 0.488 e. The standard InChI is InChI=1S/C15H12BrNO5/c16-13-3-1-2-4-14(13)21-8-11-6-12(17(18)19)5-10-7-20-9-22-15(10)11/h1-6H,7-9H2. The lowest BCUT2D eigenvalue weighted by atomic mass is 10.1. The van der Waals surface area contributed by atoms with Gasteiger partial charge in [-0.25, -0.2) is 0 Å². The number of para-hydroxylation sites is 1. The van der Waals surface area contributed by atoms with Crippen LogP contribution in [0, 0.1) is 10.1 Å². The minimum atomic E-state index is -0.434. The van der Waals surface area contributed by atoms with E-state index < -0.39 is 4.92 Å². The van der Waals surface area contributed by atoms with Gasteiger partial charge >= 0.3 is 0 Å². The molecule has 0 bridgehead atoms. The van der Waals surface area contributed by atoms with Crippen LogP contribution >= 0.6 is 15.9 Å². The first kappa shape index (κ1) is 14.8. The van der Waals surface area contributed by atoms with Gasteiger partial charge in [0.1, 0.15) is 18.1 Å². The summed E-state index contributed by atoms with van der Waals surface area (Å²) in [4.78, 5) is 10.6. The molecule has 2 aromatic rings. The third kappa shape index (κ3) is 3.05. The highest BCUT2D eigenvalue weighted by molar-refractivity contribution is 9.10. The minimum Gasteiger partial charge on any atom is -0.488 e. The summed E-state index contributed by atoms with van der Waals surface area (Å²) < 4.78 is 17.2. The zero-order chi connectivity index (χ0) is 15.5. The average Bonchev–Trinajstić information content (AvgIpc) is 2.53. The predicted molar refractivity (Wildman–Crippen MR) is 81.9 cm³/mol. The van der Waals surface area contributed by atoms with Crippen LogP contribution in [-0.4, -0.2) is 11.7 Å². The van der Waals surface area contributed by atoms with Crippen LogP contribution < -0.4 is 9.47 Å². The minimum absolute atomic E-state index is 0.00132. The molecule has 0 aromatic heterocycles. The Bertz CT molecular complexity index is 719. The first-order chi connectivity index (χ1) is 10.6. The monoisotopic (exact) mass is 365 g/mol. The molecule has 0 radical (unpaired) electrons. The molecule has 0 amide bonds. The van der Waals surface area contributed by atoms with Gasteiger partial charge in [0.15, 0.2) is 6.79 Å². The van der Waals surface area contributed by atoms with Gasteiger partial charge in [-0.15, -0.1) is 0 Å². The molecular formula is C15H12BrNO5. The first-order valence-corrected chi connectivity index (χ1v) is 7.32. The summed E-state index contributed by atoms with van der Waals surface area (Å²) in [5.41, 5.74) is 1.29. The Balaban J connectivity index is 1.90. The van der Waals surface area contributed by atoms with Crippen LogP contribution in [0.3, 0.4) is 0 Å². The van der Waals surface area contributed by atoms with Crippen molar-refractivity contribution in [3.8, 4) is 11.5 Å². The Morgan fingerprint density at radius 1 is 1.32 bits per heavy atom. The zero-order valence-corrected chi connectivity index (χ0v) is 13.0. The predicted octanol–water partition coefficient (Wildman–Crippen LogP) is 3.80. The summed E-state index contributed by atoms with van der Waals surface area (Å²) in [7, 11) is 0. The highest BCUT2D eigenvalue weighted by Gasteiger charge is 2.21. The van der Waals surface area contributed by atoms with Crippen molar-refractivity contribution < 1.29 is 19.1 Å². The lowest BCUT2D eigenvalue weighted by Crippen LogP contribution is -2.14. The van der Waals surface area contributed by atoms with Gasteiger partial charge in [-0.05, 0) is 28.1 Å². The second-order valence-corrected chi connectivity index (χ2v) is 5.53. The van der Waals surface area contributed by atoms with Crippen molar-refractivity contribution in [1.82, 2.24) is 0 Å².